The van der Waals surface area contributed by atoms with Gasteiger partial charge in [-0.3, -0.25) is 20.4 Å². The van der Waals surface area contributed by atoms with E-state index in [1.165, 1.54) is 64.8 Å². The molecular formula is C51H52F6N14O8. The van der Waals surface area contributed by atoms with Gasteiger partial charge in [0, 0.05) is 49.7 Å². The number of rotatable bonds is 11. The molecule has 4 bridgehead atoms. The number of ether oxygens (including phenoxy) is 4. The van der Waals surface area contributed by atoms with Crippen LogP contribution in [0.25, 0.3) is 22.8 Å². The first-order chi connectivity index (χ1) is 37.8. The van der Waals surface area contributed by atoms with Gasteiger partial charge < -0.3 is 39.0 Å². The Hall–Kier alpha value is -8.08. The predicted molar refractivity (Wildman–Crippen MR) is 271 cm³/mol. The summed E-state index contributed by atoms with van der Waals surface area (Å²) in [7, 11) is 0. The lowest BCUT2D eigenvalue weighted by Gasteiger charge is -2.45. The zero-order chi connectivity index (χ0) is 55.6. The number of fused-ring (bicyclic) bond motifs is 8. The van der Waals surface area contributed by atoms with E-state index in [4.69, 9.17) is 24.1 Å². The Morgan fingerprint density at radius 3 is 1.67 bits per heavy atom. The molecule has 5 aliphatic heterocycles. The van der Waals surface area contributed by atoms with E-state index in [0.29, 0.717) is 43.3 Å². The summed E-state index contributed by atoms with van der Waals surface area (Å²) in [6.07, 6.45) is -1.34. The van der Waals surface area contributed by atoms with Gasteiger partial charge in [-0.05, 0) is 75.9 Å². The topological polar surface area (TPSA) is 252 Å². The molecule has 28 heteroatoms. The molecule has 4 amide bonds. The van der Waals surface area contributed by atoms with Crippen molar-refractivity contribution in [3.05, 3.63) is 96.6 Å². The van der Waals surface area contributed by atoms with Gasteiger partial charge in [0.1, 0.15) is 37.1 Å². The largest absolute Gasteiger partial charge is 0.461 e. The fraction of sp³-hybridized carbons (Fsp3) is 0.412. The molecule has 5 aliphatic rings. The van der Waals surface area contributed by atoms with Crippen LogP contribution in [0.5, 0.6) is 12.0 Å². The highest BCUT2D eigenvalue weighted by atomic mass is 19.4. The Labute approximate surface area is 446 Å². The summed E-state index contributed by atoms with van der Waals surface area (Å²) < 4.78 is 102. The number of aliphatic hydroxyl groups is 2. The number of hydrogen-bond acceptors (Lipinski definition) is 18. The molecule has 4 aromatic heterocycles. The molecule has 2 aromatic carbocycles. The normalized spacial score (nSPS) is 19.5. The van der Waals surface area contributed by atoms with Crippen LogP contribution in [0.1, 0.15) is 50.7 Å². The Morgan fingerprint density at radius 2 is 1.22 bits per heavy atom. The van der Waals surface area contributed by atoms with Crippen LogP contribution in [-0.2, 0) is 21.8 Å². The fourth-order valence-corrected chi connectivity index (χ4v) is 9.66. The van der Waals surface area contributed by atoms with Gasteiger partial charge in [0.2, 0.25) is 0 Å². The first-order valence-electron chi connectivity index (χ1n) is 25.1. The standard InChI is InChI=1S/C27H28F3N7O4.C24H24F3N7O4/c1-26(2)40-15-19(41-26)14-39-24-31-9-8-21(33-24)34-25(38)37-18-7-4-10-36(13-18)20-12-32-22(35-23(20)37)16-5-3-6-17(11-16)27(28,29)30;25-24(26,27)15-4-1-3-14(9-15)20-29-10-18-21(32-20)34(16-5-2-8-33(18)11-16)23(37)31-19-6-7-28-22(30-19)38-13-17(36)12-35/h3,5-6,8-9,11-12,18-19H,4,7,10,13-15H2,1-2H3,(H,31,33,34,38);1,3-4,6-7,9-10,16-17,35-36H,2,5,8,11-13H2,(H,28,30,31,37)/t18-,19+;16-,17-/m00/s1. The van der Waals surface area contributed by atoms with Crippen molar-refractivity contribution in [3.8, 4) is 34.8 Å². The number of carbonyl (C=O) groups excluding carboxylic acids is 2. The summed E-state index contributed by atoms with van der Waals surface area (Å²) in [5.41, 5.74) is 0.00312. The molecular weight excluding hydrogens is 1050 g/mol. The van der Waals surface area contributed by atoms with Crippen molar-refractivity contribution in [2.24, 2.45) is 0 Å². The quantitative estimate of drug-likeness (QED) is 0.0935. The van der Waals surface area contributed by atoms with Crippen LogP contribution in [0, 0.1) is 0 Å². The van der Waals surface area contributed by atoms with Gasteiger partial charge >= 0.3 is 36.4 Å². The van der Waals surface area contributed by atoms with Crippen molar-refractivity contribution in [1.29, 1.82) is 0 Å². The van der Waals surface area contributed by atoms with Crippen LogP contribution in [0.2, 0.25) is 0 Å². The Morgan fingerprint density at radius 1 is 0.722 bits per heavy atom. The third-order valence-corrected chi connectivity index (χ3v) is 13.3. The first kappa shape index (κ1) is 54.3. The van der Waals surface area contributed by atoms with E-state index >= 15 is 0 Å². The Bertz CT molecular complexity index is 3200. The summed E-state index contributed by atoms with van der Waals surface area (Å²) >= 11 is 0. The monoisotopic (exact) mass is 1100 g/mol. The van der Waals surface area contributed by atoms with E-state index in [-0.39, 0.29) is 83.7 Å². The van der Waals surface area contributed by atoms with E-state index in [0.717, 1.165) is 56.6 Å². The van der Waals surface area contributed by atoms with Crippen molar-refractivity contribution in [2.45, 2.75) is 82.0 Å². The van der Waals surface area contributed by atoms with Gasteiger partial charge in [0.05, 0.1) is 60.2 Å². The number of aliphatic hydroxyl groups excluding tert-OH is 2. The van der Waals surface area contributed by atoms with Crippen molar-refractivity contribution in [3.63, 3.8) is 0 Å². The maximum absolute atomic E-state index is 13.7. The smallest absolute Gasteiger partial charge is 0.416 e. The predicted octanol–water partition coefficient (Wildman–Crippen LogP) is 7.21. The molecule has 6 aromatic rings. The molecule has 0 aliphatic carbocycles. The van der Waals surface area contributed by atoms with Crippen molar-refractivity contribution >= 4 is 46.7 Å². The lowest BCUT2D eigenvalue weighted by atomic mass is 10.0. The number of anilines is 6. The van der Waals surface area contributed by atoms with Gasteiger partial charge in [-0.1, -0.05) is 24.3 Å². The minimum Gasteiger partial charge on any atom is -0.461 e. The molecule has 0 saturated carbocycles. The number of hydrogen-bond donors (Lipinski definition) is 4. The molecule has 3 saturated heterocycles. The number of piperidine rings is 2. The molecule has 0 unspecified atom stereocenters. The van der Waals surface area contributed by atoms with Crippen LogP contribution < -0.4 is 39.7 Å². The van der Waals surface area contributed by atoms with Gasteiger partial charge in [0.15, 0.2) is 29.1 Å². The zero-order valence-electron chi connectivity index (χ0n) is 42.4. The molecule has 79 heavy (non-hydrogen) atoms. The average Bonchev–Trinajstić information content (AvgIpc) is 4.00. The van der Waals surface area contributed by atoms with Gasteiger partial charge in [-0.15, -0.1) is 0 Å². The third-order valence-electron chi connectivity index (χ3n) is 13.3. The third kappa shape index (κ3) is 12.5. The highest BCUT2D eigenvalue weighted by Gasteiger charge is 2.41. The Balaban J connectivity index is 0.000000179. The lowest BCUT2D eigenvalue weighted by molar-refractivity contribution is -0.141. The van der Waals surface area contributed by atoms with Crippen LogP contribution >= 0.6 is 0 Å². The molecule has 22 nitrogen and oxygen atoms in total. The van der Waals surface area contributed by atoms with E-state index in [2.05, 4.69) is 60.3 Å². The highest BCUT2D eigenvalue weighted by molar-refractivity contribution is 6.05. The van der Waals surface area contributed by atoms with Crippen LogP contribution in [0.15, 0.2) is 85.5 Å². The van der Waals surface area contributed by atoms with Crippen LogP contribution in [-0.4, -0.2) is 145 Å². The second kappa shape index (κ2) is 22.3. The molecule has 4 atom stereocenters. The van der Waals surface area contributed by atoms with E-state index in [9.17, 15) is 41.0 Å². The summed E-state index contributed by atoms with van der Waals surface area (Å²) in [6, 6.07) is 11.1. The fourth-order valence-electron chi connectivity index (χ4n) is 9.66. The molecule has 3 fully saturated rings. The second-order valence-electron chi connectivity index (χ2n) is 19.4. The maximum Gasteiger partial charge on any atom is 0.416 e. The molecule has 416 valence electrons. The summed E-state index contributed by atoms with van der Waals surface area (Å²) in [5.74, 6) is 0.433. The maximum atomic E-state index is 13.7. The lowest BCUT2D eigenvalue weighted by Crippen LogP contribution is -2.56. The minimum atomic E-state index is -4.52. The summed E-state index contributed by atoms with van der Waals surface area (Å²) in [5, 5.41) is 23.9. The van der Waals surface area contributed by atoms with E-state index < -0.39 is 54.0 Å². The highest BCUT2D eigenvalue weighted by Crippen LogP contribution is 2.42. The first-order valence-corrected chi connectivity index (χ1v) is 25.1. The molecule has 0 radical (unpaired) electrons. The van der Waals surface area contributed by atoms with Gasteiger partial charge in [0.25, 0.3) is 0 Å². The number of halogens is 6. The molecule has 9 heterocycles. The Kier molecular flexibility index (Phi) is 15.4. The summed E-state index contributed by atoms with van der Waals surface area (Å²) in [4.78, 5) is 68.6. The number of aromatic nitrogens is 8. The van der Waals surface area contributed by atoms with Gasteiger partial charge in [-0.25, -0.2) is 39.5 Å². The second-order valence-corrected chi connectivity index (χ2v) is 19.4. The summed E-state index contributed by atoms with van der Waals surface area (Å²) in [6.45, 7) is 6.12. The SMILES string of the molecule is CC1(C)OC[C@@H](COc2nccc(NC(=O)N3c4nc(-c5cccc(C(F)(F)F)c5)ncc4N4CCC[C@H]3C4)n2)O1.O=C(Nc1ccnc(OC[C@@H](O)CO)n1)N1c2nc(-c3cccc(C(F)(F)F)c3)ncc2N2CCC[C@H]1C2. The van der Waals surface area contributed by atoms with Gasteiger partial charge in [-0.2, -0.15) is 36.3 Å². The average molecular weight is 1100 g/mol. The van der Waals surface area contributed by atoms with E-state index in [1.807, 2.05) is 13.8 Å². The number of alkyl halides is 6. The zero-order valence-corrected chi connectivity index (χ0v) is 42.4. The molecule has 11 rings (SSSR count). The molecule has 4 N–H and O–H groups in total. The van der Waals surface area contributed by atoms with Crippen molar-refractivity contribution in [2.75, 3.05) is 82.8 Å². The van der Waals surface area contributed by atoms with Crippen LogP contribution in [0.3, 0.4) is 0 Å². The number of nitrogens with zero attached hydrogens (tertiary/aromatic N) is 12. The number of benzene rings is 2. The van der Waals surface area contributed by atoms with Crippen molar-refractivity contribution < 1.29 is 65.1 Å². The number of carbonyl (C=O) groups is 2. The minimum absolute atomic E-state index is 0.0631. The van der Waals surface area contributed by atoms with Crippen LogP contribution in [0.4, 0.5) is 70.6 Å². The number of urea groups is 2. The van der Waals surface area contributed by atoms with E-state index in [1.54, 1.807) is 6.20 Å². The number of amides is 4. The number of nitrogens with one attached hydrogen (secondary N) is 2. The van der Waals surface area contributed by atoms with Crippen molar-refractivity contribution in [1.82, 2.24) is 39.9 Å². The molecule has 0 spiro atoms.